The molecule has 152 valence electrons. The van der Waals surface area contributed by atoms with E-state index in [1.165, 1.54) is 5.56 Å². The zero-order chi connectivity index (χ0) is 19.8. The second kappa shape index (κ2) is 10.1. The lowest BCUT2D eigenvalue weighted by atomic mass is 10.2. The van der Waals surface area contributed by atoms with Gasteiger partial charge >= 0.3 is 0 Å². The monoisotopic (exact) mass is 395 g/mol. The van der Waals surface area contributed by atoms with Crippen LogP contribution in [0.5, 0.6) is 0 Å². The third kappa shape index (κ3) is 6.50. The molecule has 27 heavy (non-hydrogen) atoms. The molecule has 0 aliphatic carbocycles. The predicted molar refractivity (Wildman–Crippen MR) is 111 cm³/mol. The van der Waals surface area contributed by atoms with Gasteiger partial charge in [0.05, 0.1) is 17.1 Å². The number of rotatable bonds is 8. The molecule has 1 aliphatic rings. The standard InChI is InChI=1S/C20H33N3O3S/c1-4-21-19(23-13-16-27(24,25)20(2,3)17-23)22-12-8-14-26-15-11-18-9-6-5-7-10-18/h5-7,9-10H,4,8,11-17H2,1-3H3,(H,21,22). The molecule has 1 saturated heterocycles. The summed E-state index contributed by atoms with van der Waals surface area (Å²) in [6, 6.07) is 10.3. The minimum atomic E-state index is -3.05. The summed E-state index contributed by atoms with van der Waals surface area (Å²) in [6.07, 6.45) is 1.77. The van der Waals surface area contributed by atoms with Gasteiger partial charge in [0, 0.05) is 32.8 Å². The fourth-order valence-electron chi connectivity index (χ4n) is 3.04. The largest absolute Gasteiger partial charge is 0.381 e. The smallest absolute Gasteiger partial charge is 0.193 e. The molecular formula is C20H33N3O3S. The molecule has 0 atom stereocenters. The Labute approximate surface area is 163 Å². The third-order valence-corrected chi connectivity index (χ3v) is 7.30. The van der Waals surface area contributed by atoms with Crippen LogP contribution in [0.4, 0.5) is 0 Å². The van der Waals surface area contributed by atoms with Crippen molar-refractivity contribution >= 4 is 15.8 Å². The first kappa shape index (κ1) is 21.7. The zero-order valence-corrected chi connectivity index (χ0v) is 17.6. The molecule has 0 saturated carbocycles. The van der Waals surface area contributed by atoms with Gasteiger partial charge in [0.2, 0.25) is 0 Å². The van der Waals surface area contributed by atoms with Crippen LogP contribution in [0.1, 0.15) is 32.8 Å². The van der Waals surface area contributed by atoms with E-state index in [0.29, 0.717) is 32.8 Å². The van der Waals surface area contributed by atoms with Crippen molar-refractivity contribution < 1.29 is 13.2 Å². The number of nitrogens with one attached hydrogen (secondary N) is 1. The molecule has 1 fully saturated rings. The third-order valence-electron chi connectivity index (χ3n) is 4.76. The highest BCUT2D eigenvalue weighted by Gasteiger charge is 2.40. The lowest BCUT2D eigenvalue weighted by Crippen LogP contribution is -2.57. The zero-order valence-electron chi connectivity index (χ0n) is 16.8. The van der Waals surface area contributed by atoms with Crippen LogP contribution in [0, 0.1) is 0 Å². The minimum absolute atomic E-state index is 0.174. The van der Waals surface area contributed by atoms with Gasteiger partial charge in [-0.15, -0.1) is 0 Å². The fraction of sp³-hybridized carbons (Fsp3) is 0.650. The molecule has 1 aliphatic heterocycles. The van der Waals surface area contributed by atoms with Crippen LogP contribution in [0.2, 0.25) is 0 Å². The van der Waals surface area contributed by atoms with Crippen molar-refractivity contribution in [3.8, 4) is 0 Å². The lowest BCUT2D eigenvalue weighted by Gasteiger charge is -2.39. The summed E-state index contributed by atoms with van der Waals surface area (Å²) in [6.45, 7) is 9.38. The first-order valence-corrected chi connectivity index (χ1v) is 11.4. The molecule has 2 rings (SSSR count). The molecule has 7 heteroatoms. The summed E-state index contributed by atoms with van der Waals surface area (Å²) in [5, 5.41) is 3.28. The first-order chi connectivity index (χ1) is 12.9. The summed E-state index contributed by atoms with van der Waals surface area (Å²) in [4.78, 5) is 6.72. The highest BCUT2D eigenvalue weighted by molar-refractivity contribution is 7.92. The molecule has 0 amide bonds. The van der Waals surface area contributed by atoms with E-state index in [9.17, 15) is 8.42 Å². The van der Waals surface area contributed by atoms with Gasteiger partial charge in [-0.2, -0.15) is 0 Å². The second-order valence-corrected chi connectivity index (χ2v) is 10.2. The van der Waals surface area contributed by atoms with Crippen molar-refractivity contribution in [3.05, 3.63) is 35.9 Å². The summed E-state index contributed by atoms with van der Waals surface area (Å²) in [5.41, 5.74) is 1.28. The number of guanidine groups is 1. The van der Waals surface area contributed by atoms with Crippen molar-refractivity contribution in [2.24, 2.45) is 4.99 Å². The molecule has 1 aromatic rings. The van der Waals surface area contributed by atoms with Crippen LogP contribution in [-0.2, 0) is 21.0 Å². The van der Waals surface area contributed by atoms with Crippen LogP contribution in [0.25, 0.3) is 0 Å². The Morgan fingerprint density at radius 2 is 2.00 bits per heavy atom. The van der Waals surface area contributed by atoms with E-state index in [0.717, 1.165) is 25.3 Å². The first-order valence-electron chi connectivity index (χ1n) is 9.73. The van der Waals surface area contributed by atoms with E-state index >= 15 is 0 Å². The van der Waals surface area contributed by atoms with E-state index < -0.39 is 14.6 Å². The maximum atomic E-state index is 12.2. The minimum Gasteiger partial charge on any atom is -0.381 e. The van der Waals surface area contributed by atoms with Crippen molar-refractivity contribution in [1.29, 1.82) is 0 Å². The Hall–Kier alpha value is -1.60. The molecule has 0 unspecified atom stereocenters. The van der Waals surface area contributed by atoms with Gasteiger partial charge in [-0.1, -0.05) is 30.3 Å². The summed E-state index contributed by atoms with van der Waals surface area (Å²) in [5.74, 6) is 0.970. The van der Waals surface area contributed by atoms with Crippen molar-refractivity contribution in [1.82, 2.24) is 10.2 Å². The van der Waals surface area contributed by atoms with E-state index in [1.807, 2.05) is 25.1 Å². The van der Waals surface area contributed by atoms with Crippen molar-refractivity contribution in [2.75, 3.05) is 45.1 Å². The Morgan fingerprint density at radius 1 is 1.26 bits per heavy atom. The molecule has 1 aromatic carbocycles. The van der Waals surface area contributed by atoms with Crippen LogP contribution in [0.3, 0.4) is 0 Å². The highest BCUT2D eigenvalue weighted by Crippen LogP contribution is 2.23. The summed E-state index contributed by atoms with van der Waals surface area (Å²) in [7, 11) is -3.05. The van der Waals surface area contributed by atoms with Crippen molar-refractivity contribution in [2.45, 2.75) is 38.4 Å². The molecule has 0 aromatic heterocycles. The summed E-state index contributed by atoms with van der Waals surface area (Å²) < 4.78 is 29.3. The molecule has 0 spiro atoms. The molecular weight excluding hydrogens is 362 g/mol. The number of aliphatic imine (C=N–C) groups is 1. The van der Waals surface area contributed by atoms with Crippen LogP contribution in [0.15, 0.2) is 35.3 Å². The van der Waals surface area contributed by atoms with E-state index in [2.05, 4.69) is 27.3 Å². The van der Waals surface area contributed by atoms with Gasteiger partial charge in [-0.3, -0.25) is 4.99 Å². The second-order valence-electron chi connectivity index (χ2n) is 7.44. The van der Waals surface area contributed by atoms with Crippen LogP contribution < -0.4 is 5.32 Å². The Morgan fingerprint density at radius 3 is 2.67 bits per heavy atom. The number of nitrogens with zero attached hydrogens (tertiary/aromatic N) is 2. The highest BCUT2D eigenvalue weighted by atomic mass is 32.2. The molecule has 1 N–H and O–H groups in total. The lowest BCUT2D eigenvalue weighted by molar-refractivity contribution is 0.136. The van der Waals surface area contributed by atoms with E-state index in [4.69, 9.17) is 4.74 Å². The SMILES string of the molecule is CCNC(=NCCCOCCc1ccccc1)N1CCS(=O)(=O)C(C)(C)C1. The van der Waals surface area contributed by atoms with Gasteiger partial charge in [-0.25, -0.2) is 8.42 Å². The molecule has 1 heterocycles. The number of sulfone groups is 1. The van der Waals surface area contributed by atoms with Crippen LogP contribution >= 0.6 is 0 Å². The average molecular weight is 396 g/mol. The number of benzene rings is 1. The maximum absolute atomic E-state index is 12.2. The molecule has 6 nitrogen and oxygen atoms in total. The molecule has 0 bridgehead atoms. The number of ether oxygens (including phenoxy) is 1. The molecule has 0 radical (unpaired) electrons. The quantitative estimate of drug-likeness (QED) is 0.415. The fourth-order valence-corrected chi connectivity index (χ4v) is 4.40. The Kier molecular flexibility index (Phi) is 8.10. The van der Waals surface area contributed by atoms with Gasteiger partial charge in [-0.05, 0) is 39.2 Å². The number of hydrogen-bond donors (Lipinski definition) is 1. The Balaban J connectivity index is 1.75. The van der Waals surface area contributed by atoms with Crippen molar-refractivity contribution in [3.63, 3.8) is 0 Å². The Bertz CT molecular complexity index is 702. The topological polar surface area (TPSA) is 71.0 Å². The normalized spacial score (nSPS) is 19.1. The van der Waals surface area contributed by atoms with Gasteiger partial charge < -0.3 is 15.0 Å². The van der Waals surface area contributed by atoms with Gasteiger partial charge in [0.15, 0.2) is 15.8 Å². The average Bonchev–Trinajstić information content (AvgIpc) is 2.63. The van der Waals surface area contributed by atoms with E-state index in [1.54, 1.807) is 13.8 Å². The summed E-state index contributed by atoms with van der Waals surface area (Å²) >= 11 is 0. The number of hydrogen-bond acceptors (Lipinski definition) is 4. The van der Waals surface area contributed by atoms with Gasteiger partial charge in [0.25, 0.3) is 0 Å². The maximum Gasteiger partial charge on any atom is 0.193 e. The predicted octanol–water partition coefficient (Wildman–Crippen LogP) is 2.11. The van der Waals surface area contributed by atoms with E-state index in [-0.39, 0.29) is 5.75 Å². The van der Waals surface area contributed by atoms with Gasteiger partial charge in [0.1, 0.15) is 0 Å². The van der Waals surface area contributed by atoms with Crippen LogP contribution in [-0.4, -0.2) is 69.2 Å².